The van der Waals surface area contributed by atoms with Crippen LogP contribution in [0.5, 0.6) is 0 Å². The summed E-state index contributed by atoms with van der Waals surface area (Å²) >= 11 is 2.35. The van der Waals surface area contributed by atoms with Crippen LogP contribution in [0, 0.1) is 0 Å². The Morgan fingerprint density at radius 1 is 1.56 bits per heavy atom. The Morgan fingerprint density at radius 2 is 2.33 bits per heavy atom. The lowest BCUT2D eigenvalue weighted by atomic mass is 10.5. The maximum absolute atomic E-state index is 11.7. The molecule has 18 heavy (non-hydrogen) atoms. The van der Waals surface area contributed by atoms with E-state index in [4.69, 9.17) is 5.11 Å². The van der Waals surface area contributed by atoms with Gasteiger partial charge in [0, 0.05) is 23.4 Å². The molecule has 1 fully saturated rings. The van der Waals surface area contributed by atoms with Crippen molar-refractivity contribution >= 4 is 41.0 Å². The number of carboxylic acids is 1. The van der Waals surface area contributed by atoms with E-state index in [1.807, 2.05) is 0 Å². The van der Waals surface area contributed by atoms with Crippen molar-refractivity contribution in [2.24, 2.45) is 0 Å². The largest absolute Gasteiger partial charge is 0.477 e. The molecule has 2 N–H and O–H groups in total. The van der Waals surface area contributed by atoms with Crippen LogP contribution in [0.3, 0.4) is 0 Å². The monoisotopic (exact) mass is 286 g/mol. The predicted molar refractivity (Wildman–Crippen MR) is 67.1 cm³/mol. The van der Waals surface area contributed by atoms with E-state index < -0.39 is 5.97 Å². The van der Waals surface area contributed by atoms with Gasteiger partial charge in [-0.2, -0.15) is 0 Å². The zero-order valence-electron chi connectivity index (χ0n) is 9.21. The molecule has 0 atom stereocenters. The summed E-state index contributed by atoms with van der Waals surface area (Å²) in [6.07, 6.45) is 0. The number of thioether (sulfide) groups is 1. The fraction of sp³-hybridized carbons (Fsp3) is 0.300. The molecule has 2 rings (SSSR count). The van der Waals surface area contributed by atoms with Gasteiger partial charge in [0.1, 0.15) is 4.88 Å². The van der Waals surface area contributed by atoms with Gasteiger partial charge in [-0.25, -0.2) is 9.59 Å². The second-order valence-corrected chi connectivity index (χ2v) is 5.48. The quantitative estimate of drug-likeness (QED) is 0.809. The van der Waals surface area contributed by atoms with Gasteiger partial charge in [0.15, 0.2) is 0 Å². The lowest BCUT2D eigenvalue weighted by Crippen LogP contribution is -2.35. The predicted octanol–water partition coefficient (Wildman–Crippen LogP) is 1.09. The number of hydrogen-bond donors (Lipinski definition) is 2. The Hall–Kier alpha value is -1.54. The van der Waals surface area contributed by atoms with Crippen LogP contribution in [0.25, 0.3) is 0 Å². The maximum atomic E-state index is 11.7. The highest BCUT2D eigenvalue weighted by Crippen LogP contribution is 2.25. The van der Waals surface area contributed by atoms with Gasteiger partial charge in [-0.3, -0.25) is 9.69 Å². The molecule has 0 spiro atoms. The van der Waals surface area contributed by atoms with Crippen LogP contribution >= 0.6 is 23.1 Å². The summed E-state index contributed by atoms with van der Waals surface area (Å²) in [5.74, 6) is -1.11. The van der Waals surface area contributed by atoms with E-state index in [-0.39, 0.29) is 22.6 Å². The fourth-order valence-corrected chi connectivity index (χ4v) is 3.18. The normalized spacial score (nSPS) is 14.7. The highest BCUT2D eigenvalue weighted by molar-refractivity contribution is 8.00. The third-order valence-corrected chi connectivity index (χ3v) is 4.33. The van der Waals surface area contributed by atoms with Gasteiger partial charge < -0.3 is 10.4 Å². The highest BCUT2D eigenvalue weighted by atomic mass is 32.2. The number of aromatic carboxylic acids is 1. The molecule has 1 saturated heterocycles. The maximum Gasteiger partial charge on any atom is 0.345 e. The second-order valence-electron chi connectivity index (χ2n) is 3.52. The Kier molecular flexibility index (Phi) is 3.87. The molecule has 2 heterocycles. The number of hydrogen-bond acceptors (Lipinski definition) is 5. The molecule has 1 aromatic rings. The van der Waals surface area contributed by atoms with Crippen LogP contribution in [-0.2, 0) is 4.79 Å². The van der Waals surface area contributed by atoms with Crippen molar-refractivity contribution in [1.82, 2.24) is 10.2 Å². The minimum absolute atomic E-state index is 0.128. The van der Waals surface area contributed by atoms with Crippen molar-refractivity contribution in [2.75, 3.05) is 18.8 Å². The molecular weight excluding hydrogens is 276 g/mol. The van der Waals surface area contributed by atoms with E-state index in [9.17, 15) is 14.4 Å². The van der Waals surface area contributed by atoms with Gasteiger partial charge in [0.2, 0.25) is 5.91 Å². The average molecular weight is 286 g/mol. The van der Waals surface area contributed by atoms with E-state index in [2.05, 4.69) is 5.32 Å². The molecule has 0 radical (unpaired) electrons. The summed E-state index contributed by atoms with van der Waals surface area (Å²) in [7, 11) is 0. The summed E-state index contributed by atoms with van der Waals surface area (Å²) in [5.41, 5.74) is 0. The van der Waals surface area contributed by atoms with Crippen LogP contribution in [-0.4, -0.2) is 46.8 Å². The van der Waals surface area contributed by atoms with Gasteiger partial charge in [-0.05, 0) is 6.07 Å². The zero-order valence-corrected chi connectivity index (χ0v) is 10.8. The first-order valence-electron chi connectivity index (χ1n) is 5.11. The van der Waals surface area contributed by atoms with Crippen LogP contribution in [0.1, 0.15) is 9.67 Å². The minimum atomic E-state index is -0.975. The number of amides is 3. The number of urea groups is 1. The van der Waals surface area contributed by atoms with E-state index in [0.29, 0.717) is 13.1 Å². The third-order valence-electron chi connectivity index (χ3n) is 2.31. The number of nitrogens with zero attached hydrogens (tertiary/aromatic N) is 1. The zero-order chi connectivity index (χ0) is 13.1. The van der Waals surface area contributed by atoms with E-state index in [1.54, 1.807) is 5.38 Å². The van der Waals surface area contributed by atoms with Crippen molar-refractivity contribution in [2.45, 2.75) is 4.90 Å². The molecule has 3 amide bonds. The van der Waals surface area contributed by atoms with Gasteiger partial charge in [0.05, 0.1) is 5.75 Å². The summed E-state index contributed by atoms with van der Waals surface area (Å²) < 4.78 is 0. The summed E-state index contributed by atoms with van der Waals surface area (Å²) in [6.45, 7) is 0.874. The Bertz CT molecular complexity index is 500. The number of rotatable bonds is 4. The first-order chi connectivity index (χ1) is 8.58. The Labute approximate surface area is 111 Å². The third kappa shape index (κ3) is 2.82. The van der Waals surface area contributed by atoms with Crippen LogP contribution in [0.4, 0.5) is 4.79 Å². The van der Waals surface area contributed by atoms with Crippen molar-refractivity contribution in [3.63, 3.8) is 0 Å². The molecule has 0 saturated carbocycles. The molecule has 0 aromatic carbocycles. The lowest BCUT2D eigenvalue weighted by molar-refractivity contribution is -0.124. The molecule has 1 aliphatic heterocycles. The van der Waals surface area contributed by atoms with Gasteiger partial charge in [0.25, 0.3) is 0 Å². The van der Waals surface area contributed by atoms with Gasteiger partial charge in [-0.1, -0.05) is 0 Å². The van der Waals surface area contributed by atoms with E-state index in [0.717, 1.165) is 21.1 Å². The van der Waals surface area contributed by atoms with Crippen molar-refractivity contribution in [1.29, 1.82) is 0 Å². The molecule has 1 aromatic heterocycles. The van der Waals surface area contributed by atoms with E-state index >= 15 is 0 Å². The number of thiophene rings is 1. The van der Waals surface area contributed by atoms with Crippen molar-refractivity contribution in [3.05, 3.63) is 16.3 Å². The summed E-state index contributed by atoms with van der Waals surface area (Å²) in [5, 5.41) is 13.0. The number of carbonyl (C=O) groups is 3. The second kappa shape index (κ2) is 5.40. The molecule has 6 nitrogen and oxygen atoms in total. The fourth-order valence-electron chi connectivity index (χ4n) is 1.44. The van der Waals surface area contributed by atoms with Crippen LogP contribution < -0.4 is 5.32 Å². The van der Waals surface area contributed by atoms with Crippen LogP contribution in [0.15, 0.2) is 16.3 Å². The first-order valence-corrected chi connectivity index (χ1v) is 6.97. The number of imide groups is 1. The SMILES string of the molecule is O=C(O)c1cc(SCC(=O)N2CCNC2=O)cs1. The topological polar surface area (TPSA) is 86.7 Å². The van der Waals surface area contributed by atoms with Gasteiger partial charge in [-0.15, -0.1) is 23.1 Å². The minimum Gasteiger partial charge on any atom is -0.477 e. The number of carbonyl (C=O) groups excluding carboxylic acids is 2. The molecule has 0 aliphatic carbocycles. The molecule has 96 valence electrons. The molecule has 0 bridgehead atoms. The van der Waals surface area contributed by atoms with Crippen molar-refractivity contribution < 1.29 is 19.5 Å². The number of nitrogens with one attached hydrogen (secondary N) is 1. The molecule has 1 aliphatic rings. The first kappa shape index (κ1) is 12.9. The van der Waals surface area contributed by atoms with E-state index in [1.165, 1.54) is 17.8 Å². The summed E-state index contributed by atoms with van der Waals surface area (Å²) in [4.78, 5) is 35.7. The molecule has 0 unspecified atom stereocenters. The smallest absolute Gasteiger partial charge is 0.345 e. The Balaban J connectivity index is 1.89. The van der Waals surface area contributed by atoms with Crippen LogP contribution in [0.2, 0.25) is 0 Å². The molecule has 8 heteroatoms. The van der Waals surface area contributed by atoms with Gasteiger partial charge >= 0.3 is 12.0 Å². The lowest BCUT2D eigenvalue weighted by Gasteiger charge is -2.10. The molecular formula is C10H10N2O4S2. The summed E-state index contributed by atoms with van der Waals surface area (Å²) in [6, 6.07) is 1.16. The number of carboxylic acid groups (broad SMARTS) is 1. The highest BCUT2D eigenvalue weighted by Gasteiger charge is 2.25. The standard InChI is InChI=1S/C10H10N2O4S2/c13-8(12-2-1-11-10(12)16)5-17-6-3-7(9(14)15)18-4-6/h3-4H,1-2,5H2,(H,11,16)(H,14,15). The average Bonchev–Trinajstić information content (AvgIpc) is 2.94. The van der Waals surface area contributed by atoms with Crippen molar-refractivity contribution in [3.8, 4) is 0 Å². The Morgan fingerprint density at radius 3 is 2.89 bits per heavy atom.